The van der Waals surface area contributed by atoms with Gasteiger partial charge in [-0.2, -0.15) is 14.3 Å². The van der Waals surface area contributed by atoms with Gasteiger partial charge in [-0.25, -0.2) is 4.21 Å². The van der Waals surface area contributed by atoms with Crippen molar-refractivity contribution in [3.8, 4) is 0 Å². The van der Waals surface area contributed by atoms with Crippen LogP contribution in [0.3, 0.4) is 0 Å². The molecule has 0 unspecified atom stereocenters. The molecule has 0 amide bonds. The van der Waals surface area contributed by atoms with Crippen LogP contribution in [-0.2, 0) is 15.7 Å². The molecule has 0 aliphatic heterocycles. The molecule has 1 aromatic rings. The van der Waals surface area contributed by atoms with Gasteiger partial charge in [-0.05, 0) is 38.8 Å². The van der Waals surface area contributed by atoms with Crippen molar-refractivity contribution in [2.75, 3.05) is 12.5 Å². The molecule has 0 spiro atoms. The van der Waals surface area contributed by atoms with E-state index in [0.717, 1.165) is 5.56 Å². The maximum atomic E-state index is 12.8. The van der Waals surface area contributed by atoms with E-state index in [-0.39, 0.29) is 6.17 Å². The highest BCUT2D eigenvalue weighted by Gasteiger charge is 2.35. The van der Waals surface area contributed by atoms with E-state index in [9.17, 15) is 4.21 Å². The minimum absolute atomic E-state index is 0. The van der Waals surface area contributed by atoms with E-state index >= 15 is 0 Å². The highest BCUT2D eigenvalue weighted by atomic mass is 32.3. The molecule has 0 saturated carbocycles. The average Bonchev–Trinajstić information content (AvgIpc) is 2.27. The first-order valence-corrected chi connectivity index (χ1v) is 10.5. The summed E-state index contributed by atoms with van der Waals surface area (Å²) in [6, 6.07) is 8.31. The Morgan fingerprint density at radius 3 is 1.90 bits per heavy atom. The van der Waals surface area contributed by atoms with Gasteiger partial charge in [-0.3, -0.25) is 0 Å². The molecular weight excluding hydrogens is 286 g/mol. The van der Waals surface area contributed by atoms with Crippen molar-refractivity contribution in [2.45, 2.75) is 51.0 Å². The Balaban J connectivity index is 0.00000400. The first-order chi connectivity index (χ1) is 8.88. The summed E-state index contributed by atoms with van der Waals surface area (Å²) in [5, 5.41) is 0. The van der Waals surface area contributed by atoms with E-state index in [0.29, 0.717) is 0 Å². The zero-order valence-electron chi connectivity index (χ0n) is 14.0. The monoisotopic (exact) mass is 317 g/mol. The average molecular weight is 318 g/mol. The lowest BCUT2D eigenvalue weighted by molar-refractivity contribution is 0.640. The first kappa shape index (κ1) is 17.7. The van der Waals surface area contributed by atoms with Gasteiger partial charge in [0.25, 0.3) is 0 Å². The van der Waals surface area contributed by atoms with Crippen LogP contribution in [0.15, 0.2) is 24.3 Å². The van der Waals surface area contributed by atoms with Gasteiger partial charge in [0.1, 0.15) is 11.0 Å². The van der Waals surface area contributed by atoms with Crippen molar-refractivity contribution in [2.24, 2.45) is 0 Å². The summed E-state index contributed by atoms with van der Waals surface area (Å²) >= 11 is 0. The fourth-order valence-electron chi connectivity index (χ4n) is 1.48. The van der Waals surface area contributed by atoms with Crippen molar-refractivity contribution in [1.82, 2.24) is 4.13 Å². The third kappa shape index (κ3) is 3.86. The molecule has 4 heteroatoms. The molecule has 0 heterocycles. The third-order valence-corrected chi connectivity index (χ3v) is 10.5. The Labute approximate surface area is 130 Å². The van der Waals surface area contributed by atoms with Crippen LogP contribution in [0.2, 0.25) is 0 Å². The Morgan fingerprint density at radius 2 is 1.50 bits per heavy atom. The summed E-state index contributed by atoms with van der Waals surface area (Å²) in [7, 11) is -2.26. The zero-order valence-corrected chi connectivity index (χ0v) is 15.7. The van der Waals surface area contributed by atoms with Crippen molar-refractivity contribution in [3.63, 3.8) is 0 Å². The van der Waals surface area contributed by atoms with E-state index < -0.39 is 25.9 Å². The minimum Gasteiger partial charge on any atom is -0.241 e. The van der Waals surface area contributed by atoms with Gasteiger partial charge in [0.15, 0.2) is 0 Å². The molecule has 0 bridgehead atoms. The molecule has 1 rings (SSSR count). The second-order valence-corrected chi connectivity index (χ2v) is 13.3. The van der Waals surface area contributed by atoms with Crippen LogP contribution in [0.4, 0.5) is 0 Å². The summed E-state index contributed by atoms with van der Waals surface area (Å²) in [5.74, 6) is 0. The largest absolute Gasteiger partial charge is 0.241 e. The maximum Gasteiger partial charge on any atom is 0.110 e. The van der Waals surface area contributed by atoms with Crippen LogP contribution in [0, 0.1) is 6.92 Å². The van der Waals surface area contributed by atoms with Crippen LogP contribution in [0.1, 0.15) is 47.2 Å². The number of aryl methyl sites for hydroxylation is 1. The van der Waals surface area contributed by atoms with E-state index in [1.165, 1.54) is 5.56 Å². The molecule has 0 aliphatic rings. The van der Waals surface area contributed by atoms with Gasteiger partial charge in [0.2, 0.25) is 0 Å². The predicted molar refractivity (Wildman–Crippen MR) is 96.8 cm³/mol. The fraction of sp³-hybridized carbons (Fsp3) is 0.625. The number of rotatable bonds is 4. The van der Waals surface area contributed by atoms with Crippen LogP contribution in [-0.4, -0.2) is 21.5 Å². The lowest BCUT2D eigenvalue weighted by atomic mass is 10.0. The predicted octanol–water partition coefficient (Wildman–Crippen LogP) is 4.51. The van der Waals surface area contributed by atoms with Gasteiger partial charge < -0.3 is 0 Å². The van der Waals surface area contributed by atoms with Crippen LogP contribution < -0.4 is 4.13 Å². The fourth-order valence-corrected chi connectivity index (χ4v) is 5.18. The highest BCUT2D eigenvalue weighted by Crippen LogP contribution is 2.50. The highest BCUT2D eigenvalue weighted by molar-refractivity contribution is 8.35. The molecule has 0 aromatic heterocycles. The topological polar surface area (TPSA) is 29.1 Å². The number of hydrogen-bond donors (Lipinski definition) is 1. The Kier molecular flexibility index (Phi) is 5.16. The van der Waals surface area contributed by atoms with Crippen LogP contribution in [0.5, 0.6) is 0 Å². The van der Waals surface area contributed by atoms with E-state index in [1.54, 1.807) is 0 Å². The Bertz CT molecular complexity index is 490. The van der Waals surface area contributed by atoms with E-state index in [1.807, 2.05) is 13.8 Å². The van der Waals surface area contributed by atoms with Crippen LogP contribution >= 0.6 is 10.2 Å². The molecular formula is C16H31NOS2. The smallest absolute Gasteiger partial charge is 0.110 e. The SMILES string of the molecule is Cc1ccc(C(C)(C)[S@](=O)NS(C)(C)C(C)(C)C)cc1.[HH]. The van der Waals surface area contributed by atoms with Gasteiger partial charge in [-0.1, -0.05) is 50.6 Å². The minimum atomic E-state index is -1.15. The zero-order chi connectivity index (χ0) is 15.8. The van der Waals surface area contributed by atoms with Crippen molar-refractivity contribution in [1.29, 1.82) is 0 Å². The molecule has 20 heavy (non-hydrogen) atoms. The van der Waals surface area contributed by atoms with Gasteiger partial charge >= 0.3 is 0 Å². The van der Waals surface area contributed by atoms with Crippen LogP contribution in [0.25, 0.3) is 0 Å². The van der Waals surface area contributed by atoms with Crippen molar-refractivity contribution >= 4 is 21.2 Å². The summed E-state index contributed by atoms with van der Waals surface area (Å²) < 4.78 is 16.0. The molecule has 0 saturated heterocycles. The molecule has 118 valence electrons. The van der Waals surface area contributed by atoms with Gasteiger partial charge in [0.05, 0.1) is 4.75 Å². The summed E-state index contributed by atoms with van der Waals surface area (Å²) in [5.41, 5.74) is 2.34. The molecule has 0 radical (unpaired) electrons. The lowest BCUT2D eigenvalue weighted by Crippen LogP contribution is -2.41. The number of benzene rings is 1. The second-order valence-electron chi connectivity index (χ2n) is 7.17. The van der Waals surface area contributed by atoms with Gasteiger partial charge in [-0.15, -0.1) is 0 Å². The lowest BCUT2D eigenvalue weighted by Gasteiger charge is -2.46. The maximum absolute atomic E-state index is 12.8. The molecule has 1 N–H and O–H groups in total. The third-order valence-electron chi connectivity index (χ3n) is 4.03. The Morgan fingerprint density at radius 1 is 1.05 bits per heavy atom. The first-order valence-electron chi connectivity index (χ1n) is 6.87. The normalized spacial score (nSPS) is 16.0. The summed E-state index contributed by atoms with van der Waals surface area (Å²) in [4.78, 5) is 0. The van der Waals surface area contributed by atoms with Crippen molar-refractivity contribution < 1.29 is 5.64 Å². The van der Waals surface area contributed by atoms with Gasteiger partial charge in [0, 0.05) is 6.17 Å². The van der Waals surface area contributed by atoms with E-state index in [2.05, 4.69) is 68.6 Å². The Hall–Kier alpha value is -0.320. The molecule has 1 atom stereocenters. The number of nitrogens with one attached hydrogen (secondary N) is 1. The van der Waals surface area contributed by atoms with E-state index in [4.69, 9.17) is 0 Å². The molecule has 0 aliphatic carbocycles. The summed E-state index contributed by atoms with van der Waals surface area (Å²) in [6.07, 6.45) is 4.38. The number of hydrogen-bond acceptors (Lipinski definition) is 1. The molecule has 1 aromatic carbocycles. The molecule has 0 fully saturated rings. The standard InChI is InChI=1S/C16H29NOS2.H2/c1-13-9-11-14(12-10-13)16(5,6)19(18)17-20(7,8)15(2,3)4;/h9-12,17H,1-8H3;1H/t19-;/m0./s1. The quantitative estimate of drug-likeness (QED) is 0.870. The van der Waals surface area contributed by atoms with Crippen molar-refractivity contribution in [3.05, 3.63) is 35.4 Å². The molecule has 2 nitrogen and oxygen atoms in total. The second kappa shape index (κ2) is 5.82. The summed E-state index contributed by atoms with van der Waals surface area (Å²) in [6.45, 7) is 12.7.